The average Bonchev–Trinajstić information content (AvgIpc) is 3.00. The second kappa shape index (κ2) is 5.51. The molecule has 1 fully saturated rings. The highest BCUT2D eigenvalue weighted by molar-refractivity contribution is 7.90. The summed E-state index contributed by atoms with van der Waals surface area (Å²) < 4.78 is 28.7. The van der Waals surface area contributed by atoms with Gasteiger partial charge in [-0.15, -0.1) is 0 Å². The van der Waals surface area contributed by atoms with Crippen molar-refractivity contribution in [3.8, 4) is 0 Å². The zero-order valence-corrected chi connectivity index (χ0v) is 16.0. The van der Waals surface area contributed by atoms with E-state index in [0.717, 1.165) is 53.8 Å². The van der Waals surface area contributed by atoms with Crippen LogP contribution >= 0.6 is 11.6 Å². The monoisotopic (exact) mass is 386 g/mol. The third-order valence-electron chi connectivity index (χ3n) is 5.64. The van der Waals surface area contributed by atoms with E-state index < -0.39 is 10.0 Å². The predicted molar refractivity (Wildman–Crippen MR) is 105 cm³/mol. The largest absolute Gasteiger partial charge is 0.369 e. The van der Waals surface area contributed by atoms with Gasteiger partial charge in [0.1, 0.15) is 0 Å². The molecule has 3 aromatic rings. The van der Waals surface area contributed by atoms with Crippen LogP contribution in [0.2, 0.25) is 5.02 Å². The van der Waals surface area contributed by atoms with Crippen LogP contribution in [0.15, 0.2) is 47.4 Å². The first-order chi connectivity index (χ1) is 12.5. The summed E-state index contributed by atoms with van der Waals surface area (Å²) in [6.45, 7) is 4.06. The topological polar surface area (TPSA) is 42.3 Å². The second-order valence-corrected chi connectivity index (χ2v) is 9.46. The van der Waals surface area contributed by atoms with Crippen LogP contribution in [0.5, 0.6) is 0 Å². The summed E-state index contributed by atoms with van der Waals surface area (Å²) >= 11 is 5.96. The van der Waals surface area contributed by atoms with E-state index in [0.29, 0.717) is 10.9 Å². The second-order valence-electron chi connectivity index (χ2n) is 7.24. The highest BCUT2D eigenvalue weighted by atomic mass is 35.5. The van der Waals surface area contributed by atoms with Crippen molar-refractivity contribution in [2.24, 2.45) is 0 Å². The molecule has 3 aliphatic heterocycles. The fourth-order valence-corrected chi connectivity index (χ4v) is 6.15. The molecular weight excluding hydrogens is 368 g/mol. The Morgan fingerprint density at radius 1 is 1.04 bits per heavy atom. The van der Waals surface area contributed by atoms with E-state index in [2.05, 4.69) is 11.0 Å². The van der Waals surface area contributed by atoms with Gasteiger partial charge in [0.05, 0.1) is 21.8 Å². The van der Waals surface area contributed by atoms with Crippen molar-refractivity contribution in [2.75, 3.05) is 18.0 Å². The van der Waals surface area contributed by atoms with Crippen LogP contribution in [-0.4, -0.2) is 25.5 Å². The third kappa shape index (κ3) is 2.17. The molecule has 0 unspecified atom stereocenters. The van der Waals surface area contributed by atoms with Gasteiger partial charge in [0.15, 0.2) is 0 Å². The maximum atomic E-state index is 13.6. The summed E-state index contributed by atoms with van der Waals surface area (Å²) in [7, 11) is -3.68. The van der Waals surface area contributed by atoms with E-state index >= 15 is 0 Å². The number of halogens is 1. The van der Waals surface area contributed by atoms with Crippen molar-refractivity contribution in [2.45, 2.75) is 30.6 Å². The van der Waals surface area contributed by atoms with Crippen LogP contribution in [-0.2, 0) is 10.0 Å². The first-order valence-corrected chi connectivity index (χ1v) is 10.7. The molecule has 26 heavy (non-hydrogen) atoms. The first kappa shape index (κ1) is 16.2. The summed E-state index contributed by atoms with van der Waals surface area (Å²) in [4.78, 5) is 2.63. The lowest BCUT2D eigenvalue weighted by atomic mass is 9.87. The van der Waals surface area contributed by atoms with Crippen LogP contribution in [0.25, 0.3) is 10.9 Å². The lowest BCUT2D eigenvalue weighted by Gasteiger charge is -2.41. The lowest BCUT2D eigenvalue weighted by Crippen LogP contribution is -2.39. The average molecular weight is 387 g/mol. The molecule has 1 saturated heterocycles. The quantitative estimate of drug-likeness (QED) is 0.649. The van der Waals surface area contributed by atoms with Gasteiger partial charge < -0.3 is 4.90 Å². The molecule has 1 aromatic heterocycles. The number of hydrogen-bond acceptors (Lipinski definition) is 3. The summed E-state index contributed by atoms with van der Waals surface area (Å²) in [5.74, 6) is 0.296. The third-order valence-corrected chi connectivity index (χ3v) is 7.63. The molecule has 0 aliphatic carbocycles. The minimum Gasteiger partial charge on any atom is -0.369 e. The van der Waals surface area contributed by atoms with E-state index in [1.165, 1.54) is 0 Å². The molecule has 0 atom stereocenters. The maximum Gasteiger partial charge on any atom is 0.268 e. The van der Waals surface area contributed by atoms with Gasteiger partial charge in [0.25, 0.3) is 10.0 Å². The van der Waals surface area contributed by atoms with E-state index in [9.17, 15) is 8.42 Å². The van der Waals surface area contributed by atoms with E-state index in [1.807, 2.05) is 19.1 Å². The molecule has 6 heteroatoms. The first-order valence-electron chi connectivity index (χ1n) is 8.88. The van der Waals surface area contributed by atoms with Crippen molar-refractivity contribution in [3.63, 3.8) is 0 Å². The molecule has 134 valence electrons. The molecule has 0 saturated carbocycles. The van der Waals surface area contributed by atoms with E-state index in [1.54, 1.807) is 28.2 Å². The van der Waals surface area contributed by atoms with Gasteiger partial charge in [0.2, 0.25) is 0 Å². The van der Waals surface area contributed by atoms with Gasteiger partial charge >= 0.3 is 0 Å². The molecule has 6 rings (SSSR count). The minimum atomic E-state index is -3.68. The smallest absolute Gasteiger partial charge is 0.268 e. The van der Waals surface area contributed by atoms with Gasteiger partial charge in [-0.2, -0.15) is 0 Å². The number of aryl methyl sites for hydroxylation is 1. The van der Waals surface area contributed by atoms with Gasteiger partial charge in [-0.3, -0.25) is 0 Å². The van der Waals surface area contributed by atoms with Gasteiger partial charge in [-0.05, 0) is 56.2 Å². The van der Waals surface area contributed by atoms with Crippen molar-refractivity contribution in [3.05, 3.63) is 58.7 Å². The maximum absolute atomic E-state index is 13.6. The Bertz CT molecular complexity index is 1120. The van der Waals surface area contributed by atoms with Gasteiger partial charge in [-0.25, -0.2) is 12.4 Å². The van der Waals surface area contributed by atoms with Crippen LogP contribution in [0.3, 0.4) is 0 Å². The Labute approximate surface area is 158 Å². The molecule has 0 amide bonds. The SMILES string of the molecule is Cc1ccc2c(c1)c1c(n2S(=O)(=O)c2ccc(Cl)cc2)C2CCN1CC2. The van der Waals surface area contributed by atoms with E-state index in [4.69, 9.17) is 11.6 Å². The molecule has 0 radical (unpaired) electrons. The lowest BCUT2D eigenvalue weighted by molar-refractivity contribution is 0.463. The fraction of sp³-hybridized carbons (Fsp3) is 0.300. The summed E-state index contributed by atoms with van der Waals surface area (Å²) in [5.41, 5.74) is 3.99. The zero-order chi connectivity index (χ0) is 18.1. The normalized spacial score (nSPS) is 17.1. The van der Waals surface area contributed by atoms with Crippen molar-refractivity contribution in [1.82, 2.24) is 3.97 Å². The number of piperidine rings is 1. The summed E-state index contributed by atoms with van der Waals surface area (Å²) in [6, 6.07) is 12.5. The van der Waals surface area contributed by atoms with Crippen molar-refractivity contribution in [1.29, 1.82) is 0 Å². The van der Waals surface area contributed by atoms with Crippen LogP contribution in [0, 0.1) is 6.92 Å². The highest BCUT2D eigenvalue weighted by Gasteiger charge is 2.39. The Kier molecular flexibility index (Phi) is 3.43. The van der Waals surface area contributed by atoms with Gasteiger partial charge in [-0.1, -0.05) is 23.2 Å². The number of hydrogen-bond donors (Lipinski definition) is 0. The molecule has 0 spiro atoms. The van der Waals surface area contributed by atoms with Crippen molar-refractivity contribution < 1.29 is 8.42 Å². The Morgan fingerprint density at radius 2 is 1.73 bits per heavy atom. The molecule has 4 nitrogen and oxygen atoms in total. The Hall–Kier alpha value is -1.98. The number of fused-ring (bicyclic) bond motifs is 3. The highest BCUT2D eigenvalue weighted by Crippen LogP contribution is 2.49. The molecular formula is C20H19ClN2O2S. The standard InChI is InChI=1S/C20H19ClN2O2S/c1-13-2-7-18-17(12-13)20-19(14-8-10-22(20)11-9-14)23(18)26(24,25)16-5-3-15(21)4-6-16/h2-7,12,14H,8-11H2,1H3. The number of aromatic nitrogens is 1. The van der Waals surface area contributed by atoms with Crippen LogP contribution < -0.4 is 4.90 Å². The molecule has 0 N–H and O–H groups in total. The number of rotatable bonds is 2. The molecule has 2 aromatic carbocycles. The Morgan fingerprint density at radius 3 is 2.42 bits per heavy atom. The molecule has 3 aliphatic rings. The van der Waals surface area contributed by atoms with Crippen LogP contribution in [0.4, 0.5) is 5.69 Å². The summed E-state index contributed by atoms with van der Waals surface area (Å²) in [6.07, 6.45) is 2.02. The number of anilines is 1. The Balaban J connectivity index is 1.86. The molecule has 4 heterocycles. The molecule has 2 bridgehead atoms. The van der Waals surface area contributed by atoms with Crippen LogP contribution in [0.1, 0.15) is 30.0 Å². The summed E-state index contributed by atoms with van der Waals surface area (Å²) in [5, 5.41) is 1.58. The fourth-order valence-electron chi connectivity index (χ4n) is 4.42. The van der Waals surface area contributed by atoms with Crippen molar-refractivity contribution >= 4 is 38.2 Å². The zero-order valence-electron chi connectivity index (χ0n) is 14.4. The van der Waals surface area contributed by atoms with E-state index in [-0.39, 0.29) is 4.90 Å². The predicted octanol–water partition coefficient (Wildman–Crippen LogP) is 4.54. The number of benzene rings is 2. The number of nitrogens with zero attached hydrogens (tertiary/aromatic N) is 2. The minimum absolute atomic E-state index is 0.277. The van der Waals surface area contributed by atoms with Gasteiger partial charge in [0, 0.05) is 29.4 Å².